The lowest BCUT2D eigenvalue weighted by atomic mass is 10.1. The highest BCUT2D eigenvalue weighted by Gasteiger charge is 2.11. The first-order valence-corrected chi connectivity index (χ1v) is 5.96. The van der Waals surface area contributed by atoms with Crippen LogP contribution in [0.4, 0.5) is 10.1 Å². The second kappa shape index (κ2) is 5.63. The number of anilines is 1. The molecule has 0 fully saturated rings. The number of nitrogens with one attached hydrogen (secondary N) is 1. The molecule has 3 N–H and O–H groups in total. The number of hydrogen-bond acceptors (Lipinski definition) is 2. The van der Waals surface area contributed by atoms with Crippen LogP contribution in [-0.2, 0) is 6.54 Å². The molecule has 3 nitrogen and oxygen atoms in total. The van der Waals surface area contributed by atoms with Crippen molar-refractivity contribution < 1.29 is 9.18 Å². The highest BCUT2D eigenvalue weighted by Crippen LogP contribution is 2.14. The lowest BCUT2D eigenvalue weighted by Crippen LogP contribution is -2.13. The van der Waals surface area contributed by atoms with E-state index < -0.39 is 11.7 Å². The summed E-state index contributed by atoms with van der Waals surface area (Å²) in [6.07, 6.45) is 0. The molecular weight excluding hydrogens is 243 g/mol. The average molecular weight is 258 g/mol. The maximum Gasteiger partial charge on any atom is 0.258 e. The number of benzene rings is 2. The fourth-order valence-corrected chi connectivity index (χ4v) is 1.73. The number of aryl methyl sites for hydroxylation is 1. The topological polar surface area (TPSA) is 55.1 Å². The van der Waals surface area contributed by atoms with E-state index in [9.17, 15) is 9.18 Å². The van der Waals surface area contributed by atoms with Gasteiger partial charge in [0, 0.05) is 12.2 Å². The summed E-state index contributed by atoms with van der Waals surface area (Å²) in [6.45, 7) is 2.22. The van der Waals surface area contributed by atoms with Gasteiger partial charge in [0.15, 0.2) is 0 Å². The maximum absolute atomic E-state index is 13.6. The average Bonchev–Trinajstić information content (AvgIpc) is 2.39. The summed E-state index contributed by atoms with van der Waals surface area (Å²) in [5.74, 6) is -0.978. The Bertz CT molecular complexity index is 594. The zero-order valence-corrected chi connectivity index (χ0v) is 10.6. The van der Waals surface area contributed by atoms with Gasteiger partial charge in [-0.25, -0.2) is 4.39 Å². The van der Waals surface area contributed by atoms with Gasteiger partial charge in [-0.05, 0) is 42.3 Å². The molecule has 0 aromatic heterocycles. The minimum Gasteiger partial charge on any atom is -0.326 e. The summed E-state index contributed by atoms with van der Waals surface area (Å²) in [6, 6.07) is 11.6. The fraction of sp³-hybridized carbons (Fsp3) is 0.133. The van der Waals surface area contributed by atoms with Crippen LogP contribution in [0.15, 0.2) is 42.5 Å². The van der Waals surface area contributed by atoms with Gasteiger partial charge in [-0.15, -0.1) is 0 Å². The molecule has 0 saturated carbocycles. The predicted molar refractivity (Wildman–Crippen MR) is 73.4 cm³/mol. The Labute approximate surface area is 111 Å². The van der Waals surface area contributed by atoms with Crippen molar-refractivity contribution in [3.05, 3.63) is 65.0 Å². The van der Waals surface area contributed by atoms with Crippen molar-refractivity contribution >= 4 is 11.6 Å². The fourth-order valence-electron chi connectivity index (χ4n) is 1.73. The van der Waals surface area contributed by atoms with Crippen molar-refractivity contribution in [1.29, 1.82) is 0 Å². The molecule has 2 aromatic carbocycles. The largest absolute Gasteiger partial charge is 0.326 e. The van der Waals surface area contributed by atoms with Gasteiger partial charge in [0.1, 0.15) is 5.82 Å². The van der Waals surface area contributed by atoms with Crippen molar-refractivity contribution in [2.24, 2.45) is 5.73 Å². The van der Waals surface area contributed by atoms with Crippen LogP contribution >= 0.6 is 0 Å². The molecule has 0 heterocycles. The lowest BCUT2D eigenvalue weighted by molar-refractivity contribution is 0.102. The molecule has 0 saturated heterocycles. The van der Waals surface area contributed by atoms with Crippen LogP contribution in [-0.4, -0.2) is 5.91 Å². The summed E-state index contributed by atoms with van der Waals surface area (Å²) >= 11 is 0. The lowest BCUT2D eigenvalue weighted by Gasteiger charge is -2.07. The molecule has 0 aliphatic rings. The number of carbonyl (C=O) groups excluding carboxylic acids is 1. The normalized spacial score (nSPS) is 10.3. The first kappa shape index (κ1) is 13.2. The molecular formula is C15H15FN2O. The van der Waals surface area contributed by atoms with Crippen molar-refractivity contribution in [2.45, 2.75) is 13.5 Å². The molecule has 2 rings (SSSR count). The van der Waals surface area contributed by atoms with Gasteiger partial charge < -0.3 is 11.1 Å². The van der Waals surface area contributed by atoms with Crippen molar-refractivity contribution in [3.8, 4) is 0 Å². The standard InChI is InChI=1S/C15H15FN2O/c1-10-2-7-13(14(16)8-10)15(19)18-12-5-3-11(9-17)4-6-12/h2-8H,9,17H2,1H3,(H,18,19). The third-order valence-electron chi connectivity index (χ3n) is 2.82. The Morgan fingerprint density at radius 3 is 2.47 bits per heavy atom. The molecule has 0 aliphatic carbocycles. The van der Waals surface area contributed by atoms with E-state index in [4.69, 9.17) is 5.73 Å². The van der Waals surface area contributed by atoms with Crippen LogP contribution in [0.3, 0.4) is 0 Å². The number of hydrogen-bond donors (Lipinski definition) is 2. The van der Waals surface area contributed by atoms with Gasteiger partial charge in [0.05, 0.1) is 5.56 Å². The van der Waals surface area contributed by atoms with Gasteiger partial charge in [0.2, 0.25) is 0 Å². The molecule has 0 radical (unpaired) electrons. The van der Waals surface area contributed by atoms with Crippen molar-refractivity contribution in [2.75, 3.05) is 5.32 Å². The van der Waals surface area contributed by atoms with Crippen LogP contribution in [0.2, 0.25) is 0 Å². The Balaban J connectivity index is 2.15. The maximum atomic E-state index is 13.6. The first-order valence-electron chi connectivity index (χ1n) is 5.96. The minimum atomic E-state index is -0.518. The zero-order valence-electron chi connectivity index (χ0n) is 10.6. The Hall–Kier alpha value is -2.20. The Morgan fingerprint density at radius 1 is 1.21 bits per heavy atom. The number of carbonyl (C=O) groups is 1. The van der Waals surface area contributed by atoms with Gasteiger partial charge in [-0.2, -0.15) is 0 Å². The minimum absolute atomic E-state index is 0.0356. The van der Waals surface area contributed by atoms with Crippen molar-refractivity contribution in [3.63, 3.8) is 0 Å². The SMILES string of the molecule is Cc1ccc(C(=O)Nc2ccc(CN)cc2)c(F)c1. The third kappa shape index (κ3) is 3.17. The molecule has 2 aromatic rings. The van der Waals surface area contributed by atoms with E-state index in [1.54, 1.807) is 25.1 Å². The van der Waals surface area contributed by atoms with E-state index in [2.05, 4.69) is 5.32 Å². The van der Waals surface area contributed by atoms with Crippen LogP contribution in [0.1, 0.15) is 21.5 Å². The quantitative estimate of drug-likeness (QED) is 0.889. The second-order valence-corrected chi connectivity index (χ2v) is 4.34. The van der Waals surface area contributed by atoms with Gasteiger partial charge in [-0.1, -0.05) is 18.2 Å². The van der Waals surface area contributed by atoms with Crippen LogP contribution in [0.5, 0.6) is 0 Å². The van der Waals surface area contributed by atoms with Crippen LogP contribution < -0.4 is 11.1 Å². The van der Waals surface area contributed by atoms with E-state index in [0.29, 0.717) is 12.2 Å². The number of rotatable bonds is 3. The summed E-state index contributed by atoms with van der Waals surface area (Å²) in [5, 5.41) is 2.65. The van der Waals surface area contributed by atoms with Crippen molar-refractivity contribution in [1.82, 2.24) is 0 Å². The van der Waals surface area contributed by atoms with E-state index in [0.717, 1.165) is 11.1 Å². The number of amides is 1. The second-order valence-electron chi connectivity index (χ2n) is 4.34. The van der Waals surface area contributed by atoms with E-state index in [-0.39, 0.29) is 5.56 Å². The Kier molecular flexibility index (Phi) is 3.92. The van der Waals surface area contributed by atoms with E-state index in [1.165, 1.54) is 12.1 Å². The third-order valence-corrected chi connectivity index (χ3v) is 2.82. The monoisotopic (exact) mass is 258 g/mol. The zero-order chi connectivity index (χ0) is 13.8. The van der Waals surface area contributed by atoms with E-state index in [1.807, 2.05) is 12.1 Å². The number of halogens is 1. The molecule has 19 heavy (non-hydrogen) atoms. The van der Waals surface area contributed by atoms with Crippen LogP contribution in [0, 0.1) is 12.7 Å². The molecule has 98 valence electrons. The smallest absolute Gasteiger partial charge is 0.258 e. The Morgan fingerprint density at radius 2 is 1.89 bits per heavy atom. The molecule has 0 atom stereocenters. The van der Waals surface area contributed by atoms with Gasteiger partial charge >= 0.3 is 0 Å². The summed E-state index contributed by atoms with van der Waals surface area (Å²) in [5.41, 5.74) is 7.89. The number of nitrogens with two attached hydrogens (primary N) is 1. The summed E-state index contributed by atoms with van der Waals surface area (Å²) < 4.78 is 13.6. The molecule has 0 aliphatic heterocycles. The molecule has 4 heteroatoms. The predicted octanol–water partition coefficient (Wildman–Crippen LogP) is 2.85. The summed E-state index contributed by atoms with van der Waals surface area (Å²) in [7, 11) is 0. The molecule has 0 bridgehead atoms. The first-order chi connectivity index (χ1) is 9.10. The molecule has 1 amide bonds. The highest BCUT2D eigenvalue weighted by atomic mass is 19.1. The summed E-state index contributed by atoms with van der Waals surface area (Å²) in [4.78, 5) is 11.9. The van der Waals surface area contributed by atoms with Crippen LogP contribution in [0.25, 0.3) is 0 Å². The van der Waals surface area contributed by atoms with E-state index >= 15 is 0 Å². The molecule has 0 spiro atoms. The van der Waals surface area contributed by atoms with Gasteiger partial charge in [0.25, 0.3) is 5.91 Å². The molecule has 0 unspecified atom stereocenters. The van der Waals surface area contributed by atoms with Gasteiger partial charge in [-0.3, -0.25) is 4.79 Å². The highest BCUT2D eigenvalue weighted by molar-refractivity contribution is 6.04.